The van der Waals surface area contributed by atoms with Gasteiger partial charge in [0, 0.05) is 21.3 Å². The average Bonchev–Trinajstić information content (AvgIpc) is 2.78. The van der Waals surface area contributed by atoms with E-state index in [1.165, 1.54) is 17.8 Å². The molecular weight excluding hydrogens is 475 g/mol. The average molecular weight is 501 g/mol. The van der Waals surface area contributed by atoms with Crippen LogP contribution in [0.3, 0.4) is 0 Å². The van der Waals surface area contributed by atoms with Crippen molar-refractivity contribution in [3.63, 3.8) is 0 Å². The zero-order valence-electron chi connectivity index (χ0n) is 18.7. The van der Waals surface area contributed by atoms with Crippen LogP contribution in [0.4, 0.5) is 11.4 Å². The molecule has 2 N–H and O–H groups in total. The van der Waals surface area contributed by atoms with Crippen LogP contribution in [0.15, 0.2) is 65.6 Å². The van der Waals surface area contributed by atoms with Crippen LogP contribution in [0.2, 0.25) is 10.0 Å². The monoisotopic (exact) mass is 500 g/mol. The molecule has 0 aliphatic rings. The molecule has 1 unspecified atom stereocenters. The predicted octanol–water partition coefficient (Wildman–Crippen LogP) is 7.63. The number of carbonyl (C=O) groups excluding carboxylic acids is 2. The number of nitrogens with one attached hydrogen (secondary N) is 2. The first kappa shape index (κ1) is 25.2. The second-order valence-electron chi connectivity index (χ2n) is 7.57. The molecule has 3 rings (SSSR count). The zero-order valence-corrected chi connectivity index (χ0v) is 21.1. The van der Waals surface area contributed by atoms with E-state index in [2.05, 4.69) is 17.6 Å². The molecule has 4 nitrogen and oxygen atoms in total. The van der Waals surface area contributed by atoms with Crippen molar-refractivity contribution >= 4 is 58.2 Å². The van der Waals surface area contributed by atoms with E-state index >= 15 is 0 Å². The van der Waals surface area contributed by atoms with E-state index in [-0.39, 0.29) is 22.1 Å². The maximum absolute atomic E-state index is 13.1. The Labute approximate surface area is 209 Å². The minimum Gasteiger partial charge on any atom is -0.325 e. The first-order chi connectivity index (χ1) is 15.8. The van der Waals surface area contributed by atoms with Crippen LogP contribution >= 0.6 is 35.0 Å². The van der Waals surface area contributed by atoms with Gasteiger partial charge in [0.2, 0.25) is 5.91 Å². The molecule has 0 heterocycles. The van der Waals surface area contributed by atoms with Crippen molar-refractivity contribution in [1.82, 2.24) is 0 Å². The third-order valence-corrected chi connectivity index (χ3v) is 7.10. The van der Waals surface area contributed by atoms with Crippen molar-refractivity contribution in [3.8, 4) is 0 Å². The third-order valence-electron chi connectivity index (χ3n) is 5.20. The fourth-order valence-electron chi connectivity index (χ4n) is 3.41. The second kappa shape index (κ2) is 11.6. The summed E-state index contributed by atoms with van der Waals surface area (Å²) in [6, 6.07) is 18.2. The number of thioether (sulfide) groups is 1. The van der Waals surface area contributed by atoms with Gasteiger partial charge in [0.1, 0.15) is 0 Å². The van der Waals surface area contributed by atoms with Crippen LogP contribution in [0, 0.1) is 6.92 Å². The van der Waals surface area contributed by atoms with E-state index in [1.807, 2.05) is 50.2 Å². The van der Waals surface area contributed by atoms with E-state index in [0.717, 1.165) is 28.1 Å². The molecule has 0 saturated carbocycles. The van der Waals surface area contributed by atoms with Gasteiger partial charge in [0.15, 0.2) is 0 Å². The highest BCUT2D eigenvalue weighted by Gasteiger charge is 2.20. The number of hydrogen-bond acceptors (Lipinski definition) is 3. The summed E-state index contributed by atoms with van der Waals surface area (Å²) >= 11 is 13.5. The molecule has 0 aliphatic carbocycles. The Morgan fingerprint density at radius 1 is 0.970 bits per heavy atom. The van der Waals surface area contributed by atoms with Gasteiger partial charge in [-0.1, -0.05) is 61.3 Å². The number of hydrogen-bond donors (Lipinski definition) is 2. The van der Waals surface area contributed by atoms with Crippen molar-refractivity contribution in [3.05, 3.63) is 87.4 Å². The second-order valence-corrected chi connectivity index (χ2v) is 9.69. The van der Waals surface area contributed by atoms with Gasteiger partial charge in [0.25, 0.3) is 5.91 Å². The van der Waals surface area contributed by atoms with Gasteiger partial charge in [-0.15, -0.1) is 11.8 Å². The van der Waals surface area contributed by atoms with Gasteiger partial charge < -0.3 is 10.6 Å². The Kier molecular flexibility index (Phi) is 8.84. The molecule has 1 atom stereocenters. The van der Waals surface area contributed by atoms with E-state index in [9.17, 15) is 9.59 Å². The SMILES string of the molecule is CCc1cccc(C)c1NC(=O)C(CC)Sc1cccc(NC(=O)c2ccc(Cl)cc2Cl)c1. The largest absolute Gasteiger partial charge is 0.325 e. The van der Waals surface area contributed by atoms with E-state index in [1.54, 1.807) is 18.2 Å². The number of rotatable bonds is 8. The molecule has 0 fully saturated rings. The molecule has 0 radical (unpaired) electrons. The molecule has 2 amide bonds. The lowest BCUT2D eigenvalue weighted by molar-refractivity contribution is -0.115. The van der Waals surface area contributed by atoms with Gasteiger partial charge >= 0.3 is 0 Å². The molecule has 0 saturated heterocycles. The van der Waals surface area contributed by atoms with E-state index < -0.39 is 0 Å². The number of anilines is 2. The normalized spacial score (nSPS) is 11.7. The summed E-state index contributed by atoms with van der Waals surface area (Å²) in [4.78, 5) is 26.6. The highest BCUT2D eigenvalue weighted by molar-refractivity contribution is 8.00. The smallest absolute Gasteiger partial charge is 0.257 e. The summed E-state index contributed by atoms with van der Waals surface area (Å²) in [7, 11) is 0. The Morgan fingerprint density at radius 3 is 2.42 bits per heavy atom. The van der Waals surface area contributed by atoms with Crippen LogP contribution in [0.25, 0.3) is 0 Å². The number of aryl methyl sites for hydroxylation is 2. The minimum absolute atomic E-state index is 0.0334. The molecule has 0 bridgehead atoms. The molecular formula is C26H26Cl2N2O2S. The highest BCUT2D eigenvalue weighted by Crippen LogP contribution is 2.30. The van der Waals surface area contributed by atoms with Crippen molar-refractivity contribution in [2.75, 3.05) is 10.6 Å². The summed E-state index contributed by atoms with van der Waals surface area (Å²) in [6.45, 7) is 6.07. The van der Waals surface area contributed by atoms with Crippen LogP contribution < -0.4 is 10.6 Å². The van der Waals surface area contributed by atoms with Crippen LogP contribution in [-0.2, 0) is 11.2 Å². The van der Waals surface area contributed by atoms with Gasteiger partial charge in [-0.2, -0.15) is 0 Å². The standard InChI is InChI=1S/C26H26Cl2N2O2S/c1-4-17-9-6-8-16(3)24(17)30-26(32)23(5-2)33-20-11-7-10-19(15-20)29-25(31)21-13-12-18(27)14-22(21)28/h6-15,23H,4-5H2,1-3H3,(H,29,31)(H,30,32). The fourth-order valence-corrected chi connectivity index (χ4v) is 4.92. The summed E-state index contributed by atoms with van der Waals surface area (Å²) in [5.74, 6) is -0.357. The van der Waals surface area contributed by atoms with Gasteiger partial charge in [-0.05, 0) is 67.3 Å². The molecule has 172 valence electrons. The number of carbonyl (C=O) groups is 2. The van der Waals surface area contributed by atoms with Gasteiger partial charge in [-0.3, -0.25) is 9.59 Å². The molecule has 7 heteroatoms. The fraction of sp³-hybridized carbons (Fsp3) is 0.231. The van der Waals surface area contributed by atoms with Crippen LogP contribution in [0.5, 0.6) is 0 Å². The third kappa shape index (κ3) is 6.53. The van der Waals surface area contributed by atoms with Crippen LogP contribution in [0.1, 0.15) is 41.8 Å². The topological polar surface area (TPSA) is 58.2 Å². The lowest BCUT2D eigenvalue weighted by Crippen LogP contribution is -2.25. The highest BCUT2D eigenvalue weighted by atomic mass is 35.5. The molecule has 33 heavy (non-hydrogen) atoms. The number of benzene rings is 3. The number of amides is 2. The van der Waals surface area contributed by atoms with E-state index in [0.29, 0.717) is 22.7 Å². The summed E-state index contributed by atoms with van der Waals surface area (Å²) in [6.07, 6.45) is 1.52. The minimum atomic E-state index is -0.324. The maximum atomic E-state index is 13.1. The quantitative estimate of drug-likeness (QED) is 0.312. The predicted molar refractivity (Wildman–Crippen MR) is 140 cm³/mol. The van der Waals surface area contributed by atoms with Crippen molar-refractivity contribution in [2.24, 2.45) is 0 Å². The molecule has 0 aromatic heterocycles. The Hall–Kier alpha value is -2.47. The Morgan fingerprint density at radius 2 is 1.73 bits per heavy atom. The Balaban J connectivity index is 1.71. The molecule has 3 aromatic carbocycles. The summed E-state index contributed by atoms with van der Waals surface area (Å²) < 4.78 is 0. The Bertz CT molecular complexity index is 1170. The maximum Gasteiger partial charge on any atom is 0.257 e. The van der Waals surface area contributed by atoms with Crippen molar-refractivity contribution in [2.45, 2.75) is 43.8 Å². The first-order valence-corrected chi connectivity index (χ1v) is 12.4. The molecule has 0 spiro atoms. The zero-order chi connectivity index (χ0) is 24.0. The number of para-hydroxylation sites is 1. The van der Waals surface area contributed by atoms with Crippen molar-refractivity contribution < 1.29 is 9.59 Å². The summed E-state index contributed by atoms with van der Waals surface area (Å²) in [5, 5.41) is 6.47. The van der Waals surface area contributed by atoms with Gasteiger partial charge in [0.05, 0.1) is 15.8 Å². The lowest BCUT2D eigenvalue weighted by Gasteiger charge is -2.18. The summed E-state index contributed by atoms with van der Waals surface area (Å²) in [5.41, 5.74) is 4.03. The first-order valence-electron chi connectivity index (χ1n) is 10.7. The van der Waals surface area contributed by atoms with Crippen LogP contribution in [-0.4, -0.2) is 17.1 Å². The molecule has 0 aliphatic heterocycles. The lowest BCUT2D eigenvalue weighted by atomic mass is 10.1. The van der Waals surface area contributed by atoms with Gasteiger partial charge in [-0.25, -0.2) is 0 Å². The van der Waals surface area contributed by atoms with Crippen molar-refractivity contribution in [1.29, 1.82) is 0 Å². The molecule has 3 aromatic rings. The number of halogens is 2. The van der Waals surface area contributed by atoms with E-state index in [4.69, 9.17) is 23.2 Å².